The van der Waals surface area contributed by atoms with Crippen molar-refractivity contribution in [3.05, 3.63) is 81.6 Å². The lowest BCUT2D eigenvalue weighted by atomic mass is 10.1. The van der Waals surface area contributed by atoms with E-state index in [4.69, 9.17) is 0 Å². The van der Waals surface area contributed by atoms with Crippen molar-refractivity contribution >= 4 is 33.2 Å². The summed E-state index contributed by atoms with van der Waals surface area (Å²) in [5.74, 6) is -1.02. The predicted molar refractivity (Wildman–Crippen MR) is 102 cm³/mol. The van der Waals surface area contributed by atoms with Crippen molar-refractivity contribution in [3.63, 3.8) is 0 Å². The molecule has 0 bridgehead atoms. The highest BCUT2D eigenvalue weighted by Crippen LogP contribution is 2.39. The van der Waals surface area contributed by atoms with Crippen molar-refractivity contribution in [1.29, 1.82) is 0 Å². The Bertz CT molecular complexity index is 1160. The molecule has 3 aromatic heterocycles. The van der Waals surface area contributed by atoms with Crippen LogP contribution in [0.4, 0.5) is 5.00 Å². The number of pyridine rings is 1. The molecule has 4 aromatic rings. The largest absolute Gasteiger partial charge is 0.478 e. The van der Waals surface area contributed by atoms with Crippen molar-refractivity contribution in [2.75, 3.05) is 0 Å². The van der Waals surface area contributed by atoms with Crippen molar-refractivity contribution in [2.45, 2.75) is 6.54 Å². The molecule has 0 atom stereocenters. The van der Waals surface area contributed by atoms with E-state index in [9.17, 15) is 20.0 Å². The minimum absolute atomic E-state index is 0.0641. The van der Waals surface area contributed by atoms with Gasteiger partial charge in [-0.25, -0.2) is 4.79 Å². The number of carboxylic acids is 1. The van der Waals surface area contributed by atoms with Crippen LogP contribution in [0.1, 0.15) is 16.1 Å². The van der Waals surface area contributed by atoms with Crippen molar-refractivity contribution in [2.24, 2.45) is 0 Å². The lowest BCUT2D eigenvalue weighted by molar-refractivity contribution is -0.379. The molecule has 0 saturated carbocycles. The minimum atomic E-state index is -1.02. The van der Waals surface area contributed by atoms with Gasteiger partial charge in [-0.2, -0.15) is 0 Å². The first-order valence-electron chi connectivity index (χ1n) is 8.03. The van der Waals surface area contributed by atoms with E-state index >= 15 is 0 Å². The van der Waals surface area contributed by atoms with Gasteiger partial charge >= 0.3 is 11.0 Å². The van der Waals surface area contributed by atoms with E-state index in [1.807, 2.05) is 29.0 Å². The lowest BCUT2D eigenvalue weighted by Crippen LogP contribution is -2.01. The molecule has 0 unspecified atom stereocenters. The third-order valence-corrected chi connectivity index (χ3v) is 5.15. The van der Waals surface area contributed by atoms with Crippen LogP contribution in [-0.2, 0) is 6.54 Å². The molecule has 0 aliphatic rings. The molecule has 1 aromatic carbocycles. The Morgan fingerprint density at radius 1 is 1.22 bits per heavy atom. The standard InChI is InChI=1S/C19H13N3O4S/c23-19(24)12-4-5-14-16(15-6-8-27-18(15)22(25)26)11-21(17(14)9-12)10-13-3-1-2-7-20-13/h1-9,11H,10H2,(H,23,24). The van der Waals surface area contributed by atoms with Crippen LogP contribution in [0.25, 0.3) is 22.0 Å². The highest BCUT2D eigenvalue weighted by atomic mass is 32.1. The third kappa shape index (κ3) is 3.06. The minimum Gasteiger partial charge on any atom is -0.478 e. The Morgan fingerprint density at radius 2 is 2.07 bits per heavy atom. The topological polar surface area (TPSA) is 98.3 Å². The Balaban J connectivity index is 1.93. The summed E-state index contributed by atoms with van der Waals surface area (Å²) in [4.78, 5) is 26.7. The first-order valence-corrected chi connectivity index (χ1v) is 8.91. The number of rotatable bonds is 5. The first-order chi connectivity index (χ1) is 13.0. The van der Waals surface area contributed by atoms with Crippen LogP contribution in [0.3, 0.4) is 0 Å². The summed E-state index contributed by atoms with van der Waals surface area (Å²) in [5, 5.41) is 23.2. The van der Waals surface area contributed by atoms with E-state index in [1.165, 1.54) is 6.07 Å². The number of nitrogens with zero attached hydrogens (tertiary/aromatic N) is 3. The molecule has 0 radical (unpaired) electrons. The summed E-state index contributed by atoms with van der Waals surface area (Å²) in [7, 11) is 0. The smallest absolute Gasteiger partial charge is 0.335 e. The Kier molecular flexibility index (Phi) is 4.17. The van der Waals surface area contributed by atoms with Gasteiger partial charge in [-0.05, 0) is 35.7 Å². The van der Waals surface area contributed by atoms with Gasteiger partial charge in [0.05, 0.1) is 28.3 Å². The van der Waals surface area contributed by atoms with Crippen LogP contribution in [0.15, 0.2) is 60.2 Å². The average Bonchev–Trinajstić information content (AvgIpc) is 3.27. The second-order valence-electron chi connectivity index (χ2n) is 5.93. The molecule has 0 aliphatic carbocycles. The fourth-order valence-corrected chi connectivity index (χ4v) is 3.81. The van der Waals surface area contributed by atoms with Gasteiger partial charge in [-0.15, -0.1) is 0 Å². The van der Waals surface area contributed by atoms with Gasteiger partial charge in [-0.3, -0.25) is 15.1 Å². The van der Waals surface area contributed by atoms with Gasteiger partial charge in [0.15, 0.2) is 0 Å². The van der Waals surface area contributed by atoms with E-state index < -0.39 is 10.9 Å². The summed E-state index contributed by atoms with van der Waals surface area (Å²) >= 11 is 1.07. The Labute approximate surface area is 157 Å². The number of aromatic nitrogens is 2. The average molecular weight is 379 g/mol. The maximum Gasteiger partial charge on any atom is 0.335 e. The van der Waals surface area contributed by atoms with Gasteiger partial charge in [0, 0.05) is 28.9 Å². The van der Waals surface area contributed by atoms with Crippen molar-refractivity contribution in [1.82, 2.24) is 9.55 Å². The predicted octanol–water partition coefficient (Wildman–Crippen LogP) is 4.42. The molecule has 3 heterocycles. The molecule has 0 spiro atoms. The molecule has 0 fully saturated rings. The van der Waals surface area contributed by atoms with E-state index in [0.717, 1.165) is 22.4 Å². The number of nitro groups is 1. The van der Waals surface area contributed by atoms with E-state index in [1.54, 1.807) is 29.8 Å². The summed E-state index contributed by atoms with van der Waals surface area (Å²) in [6.45, 7) is 0.429. The number of fused-ring (bicyclic) bond motifs is 1. The highest BCUT2D eigenvalue weighted by Gasteiger charge is 2.22. The van der Waals surface area contributed by atoms with Crippen LogP contribution >= 0.6 is 11.3 Å². The summed E-state index contributed by atoms with van der Waals surface area (Å²) < 4.78 is 1.88. The van der Waals surface area contributed by atoms with Crippen LogP contribution in [0.5, 0.6) is 0 Å². The SMILES string of the molecule is O=C(O)c1ccc2c(-c3ccsc3[N+](=O)[O-])cn(Cc3ccccn3)c2c1. The molecule has 7 nitrogen and oxygen atoms in total. The Hall–Kier alpha value is -3.52. The maximum absolute atomic E-state index is 11.4. The summed E-state index contributed by atoms with van der Waals surface area (Å²) in [6, 6.07) is 12.1. The fraction of sp³-hybridized carbons (Fsp3) is 0.0526. The zero-order valence-electron chi connectivity index (χ0n) is 13.9. The van der Waals surface area contributed by atoms with Gasteiger partial charge in [0.2, 0.25) is 0 Å². The number of hydrogen-bond acceptors (Lipinski definition) is 5. The molecule has 134 valence electrons. The van der Waals surface area contributed by atoms with Gasteiger partial charge in [0.25, 0.3) is 0 Å². The maximum atomic E-state index is 11.4. The first kappa shape index (κ1) is 16.9. The van der Waals surface area contributed by atoms with Crippen LogP contribution < -0.4 is 0 Å². The van der Waals surface area contributed by atoms with Crippen molar-refractivity contribution in [3.8, 4) is 11.1 Å². The van der Waals surface area contributed by atoms with E-state index in [0.29, 0.717) is 23.2 Å². The second-order valence-corrected chi connectivity index (χ2v) is 6.82. The molecule has 27 heavy (non-hydrogen) atoms. The Morgan fingerprint density at radius 3 is 2.78 bits per heavy atom. The number of benzene rings is 1. The molecule has 0 aliphatic heterocycles. The summed E-state index contributed by atoms with van der Waals surface area (Å²) in [6.07, 6.45) is 3.51. The molecule has 8 heteroatoms. The third-order valence-electron chi connectivity index (χ3n) is 4.29. The van der Waals surface area contributed by atoms with Crippen molar-refractivity contribution < 1.29 is 14.8 Å². The molecule has 4 rings (SSSR count). The number of aromatic carboxylic acids is 1. The number of carbonyl (C=O) groups is 1. The quantitative estimate of drug-likeness (QED) is 0.409. The number of hydrogen-bond donors (Lipinski definition) is 1. The van der Waals surface area contributed by atoms with E-state index in [2.05, 4.69) is 4.98 Å². The van der Waals surface area contributed by atoms with Gasteiger partial charge in [0.1, 0.15) is 0 Å². The molecule has 1 N–H and O–H groups in total. The molecule has 0 saturated heterocycles. The monoisotopic (exact) mass is 379 g/mol. The zero-order chi connectivity index (χ0) is 19.0. The van der Waals surface area contributed by atoms with Gasteiger partial charge < -0.3 is 9.67 Å². The van der Waals surface area contributed by atoms with E-state index in [-0.39, 0.29) is 10.6 Å². The normalized spacial score (nSPS) is 11.0. The molecule has 0 amide bonds. The van der Waals surface area contributed by atoms with Crippen LogP contribution in [0, 0.1) is 10.1 Å². The van der Waals surface area contributed by atoms with Crippen LogP contribution in [-0.4, -0.2) is 25.6 Å². The second kappa shape index (κ2) is 6.65. The fourth-order valence-electron chi connectivity index (χ4n) is 3.08. The lowest BCUT2D eigenvalue weighted by Gasteiger charge is -2.05. The highest BCUT2D eigenvalue weighted by molar-refractivity contribution is 7.14. The van der Waals surface area contributed by atoms with Crippen LogP contribution in [0.2, 0.25) is 0 Å². The number of carboxylic acid groups (broad SMARTS) is 1. The molecular formula is C19H13N3O4S. The summed E-state index contributed by atoms with van der Waals surface area (Å²) in [5.41, 5.74) is 2.88. The number of thiophene rings is 1. The zero-order valence-corrected chi connectivity index (χ0v) is 14.7. The van der Waals surface area contributed by atoms with Gasteiger partial charge in [-0.1, -0.05) is 23.5 Å². The molecular weight excluding hydrogens is 366 g/mol.